The van der Waals surface area contributed by atoms with Gasteiger partial charge in [-0.25, -0.2) is 4.79 Å². The fraction of sp³-hybridized carbons (Fsp3) is 0.789. The predicted octanol–water partition coefficient (Wildman–Crippen LogP) is -1.86. The third kappa shape index (κ3) is 7.22. The predicted molar refractivity (Wildman–Crippen MR) is 109 cm³/mol. The van der Waals surface area contributed by atoms with Crippen molar-refractivity contribution in [2.24, 2.45) is 17.4 Å². The zero-order valence-corrected chi connectivity index (χ0v) is 17.7. The van der Waals surface area contributed by atoms with E-state index in [1.165, 1.54) is 4.90 Å². The Morgan fingerprint density at radius 1 is 1.17 bits per heavy atom. The summed E-state index contributed by atoms with van der Waals surface area (Å²) in [6, 6.07) is -3.93. The van der Waals surface area contributed by atoms with Crippen LogP contribution in [-0.4, -0.2) is 82.7 Å². The lowest BCUT2D eigenvalue weighted by Gasteiger charge is -2.29. The highest BCUT2D eigenvalue weighted by Gasteiger charge is 2.38. The van der Waals surface area contributed by atoms with Crippen molar-refractivity contribution in [1.82, 2.24) is 15.5 Å². The lowest BCUT2D eigenvalue weighted by atomic mass is 10.0. The zero-order valence-electron chi connectivity index (χ0n) is 17.7. The molecule has 4 unspecified atom stereocenters. The highest BCUT2D eigenvalue weighted by molar-refractivity contribution is 5.94. The molecule has 172 valence electrons. The number of aliphatic hydroxyl groups is 1. The Kier molecular flexibility index (Phi) is 10.7. The van der Waals surface area contributed by atoms with Gasteiger partial charge in [-0.1, -0.05) is 20.3 Å². The highest BCUT2D eigenvalue weighted by atomic mass is 16.4. The standard InChI is InChI=1S/C19H35N5O6/c1-11(2)15(17(27)22-13(10-25)19(29)30)23-16(26)14-7-5-9-24(14)18(28)12(21)6-3-4-8-20/h11-15,25H,3-10,20-21H2,1-2H3,(H,22,27)(H,23,26)(H,29,30). The molecule has 30 heavy (non-hydrogen) atoms. The number of carboxylic acid groups (broad SMARTS) is 1. The molecule has 8 N–H and O–H groups in total. The minimum absolute atomic E-state index is 0.304. The van der Waals surface area contributed by atoms with Crippen LogP contribution in [0.3, 0.4) is 0 Å². The number of likely N-dealkylation sites (tertiary alicyclic amines) is 1. The van der Waals surface area contributed by atoms with Crippen LogP contribution in [0.15, 0.2) is 0 Å². The van der Waals surface area contributed by atoms with Gasteiger partial charge in [0.1, 0.15) is 18.1 Å². The van der Waals surface area contributed by atoms with Crippen molar-refractivity contribution in [3.05, 3.63) is 0 Å². The highest BCUT2D eigenvalue weighted by Crippen LogP contribution is 2.20. The number of aliphatic carboxylic acids is 1. The summed E-state index contributed by atoms with van der Waals surface area (Å²) in [7, 11) is 0. The summed E-state index contributed by atoms with van der Waals surface area (Å²) >= 11 is 0. The molecule has 0 aliphatic carbocycles. The number of amides is 3. The Hall–Kier alpha value is -2.24. The van der Waals surface area contributed by atoms with Crippen molar-refractivity contribution in [3.63, 3.8) is 0 Å². The third-order valence-electron chi connectivity index (χ3n) is 5.17. The molecule has 1 aliphatic rings. The van der Waals surface area contributed by atoms with E-state index in [4.69, 9.17) is 21.7 Å². The van der Waals surface area contributed by atoms with Gasteiger partial charge in [-0.3, -0.25) is 14.4 Å². The average molecular weight is 430 g/mol. The summed E-state index contributed by atoms with van der Waals surface area (Å²) in [5, 5.41) is 22.9. The maximum absolute atomic E-state index is 12.8. The Balaban J connectivity index is 2.79. The number of carbonyl (C=O) groups excluding carboxylic acids is 3. The molecule has 4 atom stereocenters. The third-order valence-corrected chi connectivity index (χ3v) is 5.17. The molecule has 0 bridgehead atoms. The van der Waals surface area contributed by atoms with Crippen LogP contribution in [0.25, 0.3) is 0 Å². The average Bonchev–Trinajstić information content (AvgIpc) is 3.18. The molecule has 1 heterocycles. The van der Waals surface area contributed by atoms with Gasteiger partial charge in [0.2, 0.25) is 17.7 Å². The molecular weight excluding hydrogens is 394 g/mol. The second-order valence-corrected chi connectivity index (χ2v) is 7.89. The molecule has 1 saturated heterocycles. The van der Waals surface area contributed by atoms with E-state index in [9.17, 15) is 19.2 Å². The molecule has 0 radical (unpaired) electrons. The van der Waals surface area contributed by atoms with E-state index >= 15 is 0 Å². The number of carbonyl (C=O) groups is 4. The first kappa shape index (κ1) is 25.8. The van der Waals surface area contributed by atoms with E-state index in [1.807, 2.05) is 0 Å². The molecule has 1 rings (SSSR count). The van der Waals surface area contributed by atoms with E-state index in [0.717, 1.165) is 12.8 Å². The summed E-state index contributed by atoms with van der Waals surface area (Å²) in [5.41, 5.74) is 11.4. The zero-order chi connectivity index (χ0) is 22.8. The van der Waals surface area contributed by atoms with Gasteiger partial charge in [0, 0.05) is 6.54 Å². The molecule has 0 aromatic carbocycles. The van der Waals surface area contributed by atoms with E-state index < -0.39 is 48.6 Å². The van der Waals surface area contributed by atoms with Crippen LogP contribution in [0.4, 0.5) is 0 Å². The largest absolute Gasteiger partial charge is 0.480 e. The number of aliphatic hydroxyl groups excluding tert-OH is 1. The number of unbranched alkanes of at least 4 members (excludes halogenated alkanes) is 1. The van der Waals surface area contributed by atoms with Crippen LogP contribution in [0, 0.1) is 5.92 Å². The molecule has 1 fully saturated rings. The number of nitrogens with two attached hydrogens (primary N) is 2. The van der Waals surface area contributed by atoms with Gasteiger partial charge in [0.15, 0.2) is 0 Å². The van der Waals surface area contributed by atoms with Crippen molar-refractivity contribution in [1.29, 1.82) is 0 Å². The van der Waals surface area contributed by atoms with Gasteiger partial charge >= 0.3 is 5.97 Å². The van der Waals surface area contributed by atoms with Gasteiger partial charge in [-0.2, -0.15) is 0 Å². The number of rotatable bonds is 12. The van der Waals surface area contributed by atoms with Crippen LogP contribution in [0.1, 0.15) is 46.0 Å². The lowest BCUT2D eigenvalue weighted by Crippen LogP contribution is -2.58. The van der Waals surface area contributed by atoms with Gasteiger partial charge < -0.3 is 37.2 Å². The molecule has 3 amide bonds. The van der Waals surface area contributed by atoms with Gasteiger partial charge in [-0.15, -0.1) is 0 Å². The summed E-state index contributed by atoms with van der Waals surface area (Å²) in [4.78, 5) is 50.5. The van der Waals surface area contributed by atoms with Crippen molar-refractivity contribution < 1.29 is 29.4 Å². The van der Waals surface area contributed by atoms with Crippen LogP contribution in [0.5, 0.6) is 0 Å². The van der Waals surface area contributed by atoms with Crippen LogP contribution >= 0.6 is 0 Å². The molecule has 0 saturated carbocycles. The first-order valence-corrected chi connectivity index (χ1v) is 10.3. The van der Waals surface area contributed by atoms with Gasteiger partial charge in [-0.05, 0) is 38.1 Å². The monoisotopic (exact) mass is 429 g/mol. The molecule has 0 spiro atoms. The van der Waals surface area contributed by atoms with Crippen LogP contribution in [0.2, 0.25) is 0 Å². The smallest absolute Gasteiger partial charge is 0.328 e. The van der Waals surface area contributed by atoms with E-state index in [1.54, 1.807) is 13.8 Å². The summed E-state index contributed by atoms with van der Waals surface area (Å²) in [5.74, 6) is -3.22. The fourth-order valence-electron chi connectivity index (χ4n) is 3.38. The van der Waals surface area contributed by atoms with Crippen molar-refractivity contribution >= 4 is 23.7 Å². The summed E-state index contributed by atoms with van der Waals surface area (Å²) in [6.45, 7) is 3.56. The first-order chi connectivity index (χ1) is 14.1. The van der Waals surface area contributed by atoms with Crippen molar-refractivity contribution in [3.8, 4) is 0 Å². The normalized spacial score (nSPS) is 19.3. The molecule has 0 aromatic heterocycles. The molecule has 0 aromatic rings. The maximum atomic E-state index is 12.8. The number of nitrogens with one attached hydrogen (secondary N) is 2. The number of nitrogens with zero attached hydrogens (tertiary/aromatic N) is 1. The SMILES string of the molecule is CC(C)C(NC(=O)C1CCCN1C(=O)C(N)CCCCN)C(=O)NC(CO)C(=O)O. The Morgan fingerprint density at radius 2 is 1.83 bits per heavy atom. The van der Waals surface area contributed by atoms with E-state index in [0.29, 0.717) is 32.4 Å². The van der Waals surface area contributed by atoms with Crippen molar-refractivity contribution in [2.45, 2.75) is 70.1 Å². The maximum Gasteiger partial charge on any atom is 0.328 e. The number of hydrogen-bond donors (Lipinski definition) is 6. The second-order valence-electron chi connectivity index (χ2n) is 7.89. The number of hydrogen-bond acceptors (Lipinski definition) is 7. The topological polar surface area (TPSA) is 188 Å². The molecule has 11 nitrogen and oxygen atoms in total. The fourth-order valence-corrected chi connectivity index (χ4v) is 3.38. The summed E-state index contributed by atoms with van der Waals surface area (Å²) in [6.07, 6.45) is 3.06. The minimum atomic E-state index is -1.47. The van der Waals surface area contributed by atoms with Gasteiger partial charge in [0.05, 0.1) is 12.6 Å². The lowest BCUT2D eigenvalue weighted by molar-refractivity contribution is -0.144. The van der Waals surface area contributed by atoms with Crippen LogP contribution in [-0.2, 0) is 19.2 Å². The van der Waals surface area contributed by atoms with Crippen molar-refractivity contribution in [2.75, 3.05) is 19.7 Å². The Morgan fingerprint density at radius 3 is 2.37 bits per heavy atom. The first-order valence-electron chi connectivity index (χ1n) is 10.3. The molecule has 1 aliphatic heterocycles. The molecular formula is C19H35N5O6. The quantitative estimate of drug-likeness (QED) is 0.195. The second kappa shape index (κ2) is 12.5. The Labute approximate surface area is 176 Å². The van der Waals surface area contributed by atoms with E-state index in [-0.39, 0.29) is 11.8 Å². The molecule has 11 heteroatoms. The van der Waals surface area contributed by atoms with Crippen LogP contribution < -0.4 is 22.1 Å². The minimum Gasteiger partial charge on any atom is -0.480 e. The number of carboxylic acids is 1. The summed E-state index contributed by atoms with van der Waals surface area (Å²) < 4.78 is 0. The van der Waals surface area contributed by atoms with Gasteiger partial charge in [0.25, 0.3) is 0 Å². The Bertz CT molecular complexity index is 614. The van der Waals surface area contributed by atoms with E-state index in [2.05, 4.69) is 10.6 Å².